The molecule has 1 saturated carbocycles. The van der Waals surface area contributed by atoms with Crippen LogP contribution >= 0.6 is 0 Å². The summed E-state index contributed by atoms with van der Waals surface area (Å²) in [6.45, 7) is 14.0. The minimum atomic E-state index is -0.200. The molecule has 3 amide bonds. The number of hydrogen-bond donors (Lipinski definition) is 2. The minimum Gasteiger partial charge on any atom is -0.353 e. The first kappa shape index (κ1) is 21.0. The Balaban J connectivity index is 0.00000392. The number of nitrogens with zero attached hydrogens (tertiary/aromatic N) is 1. The third-order valence-electron chi connectivity index (χ3n) is 5.06. The summed E-state index contributed by atoms with van der Waals surface area (Å²) in [5.41, 5.74) is 0.697. The van der Waals surface area contributed by atoms with Crippen LogP contribution in [-0.4, -0.2) is 42.0 Å². The van der Waals surface area contributed by atoms with Crippen molar-refractivity contribution in [3.63, 3.8) is 0 Å². The predicted molar refractivity (Wildman–Crippen MR) is 114 cm³/mol. The average Bonchev–Trinajstić information content (AvgIpc) is 3.03. The molecule has 0 spiro atoms. The van der Waals surface area contributed by atoms with E-state index in [9.17, 15) is 9.59 Å². The molecule has 0 bridgehead atoms. The van der Waals surface area contributed by atoms with Crippen molar-refractivity contribution >= 4 is 11.9 Å². The Bertz CT molecular complexity index is 653. The number of allylic oxidation sites excluding steroid dienone is 6. The van der Waals surface area contributed by atoms with E-state index in [2.05, 4.69) is 17.2 Å². The number of carbonyl (C=O) groups is 2. The highest BCUT2D eigenvalue weighted by Gasteiger charge is 2.55. The molecule has 27 heavy (non-hydrogen) atoms. The van der Waals surface area contributed by atoms with Gasteiger partial charge in [0.1, 0.15) is 0 Å². The van der Waals surface area contributed by atoms with Gasteiger partial charge < -0.3 is 15.5 Å². The van der Waals surface area contributed by atoms with Crippen LogP contribution in [0.5, 0.6) is 0 Å². The van der Waals surface area contributed by atoms with Gasteiger partial charge in [-0.3, -0.25) is 4.79 Å². The Morgan fingerprint density at radius 1 is 1.22 bits per heavy atom. The fourth-order valence-electron chi connectivity index (χ4n) is 3.64. The molecule has 2 N–H and O–H groups in total. The summed E-state index contributed by atoms with van der Waals surface area (Å²) in [5, 5.41) is 5.97. The molecule has 2 aliphatic rings. The molecule has 1 unspecified atom stereocenters. The lowest BCUT2D eigenvalue weighted by atomic mass is 10.1. The van der Waals surface area contributed by atoms with Gasteiger partial charge in [-0.15, -0.1) is 0 Å². The molecule has 3 atom stereocenters. The molecule has 1 aliphatic heterocycles. The third-order valence-corrected chi connectivity index (χ3v) is 5.06. The van der Waals surface area contributed by atoms with E-state index >= 15 is 0 Å². The summed E-state index contributed by atoms with van der Waals surface area (Å²) in [5.74, 6) is 1.74. The van der Waals surface area contributed by atoms with E-state index < -0.39 is 0 Å². The van der Waals surface area contributed by atoms with Crippen molar-refractivity contribution in [2.45, 2.75) is 39.7 Å². The monoisotopic (exact) mass is 375 g/mol. The van der Waals surface area contributed by atoms with Crippen molar-refractivity contribution in [1.82, 2.24) is 15.5 Å². The van der Waals surface area contributed by atoms with E-state index in [0.29, 0.717) is 24.3 Å². The van der Waals surface area contributed by atoms with Crippen molar-refractivity contribution in [2.24, 2.45) is 17.8 Å². The van der Waals surface area contributed by atoms with Crippen LogP contribution in [0, 0.1) is 17.8 Å². The van der Waals surface area contributed by atoms with Crippen LogP contribution in [0.15, 0.2) is 48.6 Å². The lowest BCUT2D eigenvalue weighted by molar-refractivity contribution is -0.116. The van der Waals surface area contributed by atoms with Gasteiger partial charge in [0.2, 0.25) is 5.91 Å². The first-order chi connectivity index (χ1) is 12.7. The Hall–Kier alpha value is -2.30. The Labute approximate surface area is 166 Å². The predicted octanol–water partition coefficient (Wildman–Crippen LogP) is 3.92. The van der Waals surface area contributed by atoms with E-state index in [1.54, 1.807) is 18.2 Å². The summed E-state index contributed by atoms with van der Waals surface area (Å²) in [7, 11) is 0. The number of likely N-dealkylation sites (tertiary alicyclic amines) is 1. The number of nitrogens with one attached hydrogen (secondary N) is 2. The fraction of sp³-hybridized carbons (Fsp3) is 0.545. The van der Waals surface area contributed by atoms with E-state index in [1.807, 2.05) is 50.8 Å². The molecule has 152 valence electrons. The zero-order chi connectivity index (χ0) is 20.0. The Kier molecular flexibility index (Phi) is 7.05. The molecular weight excluding hydrogens is 338 g/mol. The van der Waals surface area contributed by atoms with Gasteiger partial charge in [-0.25, -0.2) is 4.79 Å². The molecule has 0 aromatic heterocycles. The smallest absolute Gasteiger partial charge is 0.317 e. The molecule has 0 aromatic carbocycles. The molecule has 2 rings (SSSR count). The second-order valence-electron chi connectivity index (χ2n) is 8.39. The topological polar surface area (TPSA) is 61.4 Å². The summed E-state index contributed by atoms with van der Waals surface area (Å²) in [6.07, 6.45) is 11.8. The standard InChI is InChI=1S/C22H33N3O2.2H2/c1-6-8-9-16(7-2)10-11-20(26)23-13-12-17-18-14-25(15-19(17)18)21(27)24-22(3,4)5;;/h6-11,17-19H,2,12-15H2,1,3-5H3,(H,23,26)(H,24,27);2*1H/b8-6-,11-10+,16-9+;;/t17?,18-,19+;;. The van der Waals surface area contributed by atoms with Crippen LogP contribution in [0.1, 0.15) is 37.0 Å². The van der Waals surface area contributed by atoms with Crippen LogP contribution in [0.3, 0.4) is 0 Å². The second-order valence-corrected chi connectivity index (χ2v) is 8.39. The highest BCUT2D eigenvalue weighted by Crippen LogP contribution is 2.53. The van der Waals surface area contributed by atoms with Crippen molar-refractivity contribution in [3.8, 4) is 0 Å². The SMILES string of the molecule is C=CC(/C=C/C(=O)NCCC1[C@H]2CN(C(=O)NC(C)(C)C)C[C@@H]12)=C\C=C/C.[HH].[HH]. The Morgan fingerprint density at radius 2 is 1.89 bits per heavy atom. The largest absolute Gasteiger partial charge is 0.353 e. The van der Waals surface area contributed by atoms with Gasteiger partial charge in [0.15, 0.2) is 0 Å². The molecular formula is C22H37N3O2. The van der Waals surface area contributed by atoms with Gasteiger partial charge in [-0.1, -0.05) is 30.9 Å². The highest BCUT2D eigenvalue weighted by molar-refractivity contribution is 5.88. The van der Waals surface area contributed by atoms with E-state index in [-0.39, 0.29) is 20.3 Å². The number of carbonyl (C=O) groups excluding carboxylic acids is 2. The molecule has 1 saturated heterocycles. The first-order valence-corrected chi connectivity index (χ1v) is 9.73. The van der Waals surface area contributed by atoms with Crippen LogP contribution < -0.4 is 10.6 Å². The van der Waals surface area contributed by atoms with Crippen molar-refractivity contribution in [3.05, 3.63) is 48.6 Å². The highest BCUT2D eigenvalue weighted by atomic mass is 16.2. The molecule has 2 fully saturated rings. The lowest BCUT2D eigenvalue weighted by Gasteiger charge is -2.27. The lowest BCUT2D eigenvalue weighted by Crippen LogP contribution is -2.48. The van der Waals surface area contributed by atoms with Crippen molar-refractivity contribution < 1.29 is 12.4 Å². The second kappa shape index (κ2) is 9.07. The normalized spacial score (nSPS) is 25.0. The number of fused-ring (bicyclic) bond motifs is 1. The Morgan fingerprint density at radius 3 is 2.44 bits per heavy atom. The van der Waals surface area contributed by atoms with Crippen LogP contribution in [0.2, 0.25) is 0 Å². The fourth-order valence-corrected chi connectivity index (χ4v) is 3.64. The summed E-state index contributed by atoms with van der Waals surface area (Å²) in [4.78, 5) is 26.0. The van der Waals surface area contributed by atoms with Crippen LogP contribution in [0.4, 0.5) is 4.79 Å². The molecule has 1 heterocycles. The van der Waals surface area contributed by atoms with E-state index in [4.69, 9.17) is 0 Å². The van der Waals surface area contributed by atoms with Gasteiger partial charge in [0.05, 0.1) is 0 Å². The van der Waals surface area contributed by atoms with Crippen molar-refractivity contribution in [2.75, 3.05) is 19.6 Å². The maximum atomic E-state index is 12.2. The summed E-state index contributed by atoms with van der Waals surface area (Å²) < 4.78 is 0. The number of rotatable bonds is 7. The quantitative estimate of drug-likeness (QED) is 0.523. The van der Waals surface area contributed by atoms with E-state index in [1.165, 1.54) is 0 Å². The maximum absolute atomic E-state index is 12.2. The first-order valence-electron chi connectivity index (χ1n) is 9.73. The molecule has 5 heteroatoms. The molecule has 5 nitrogen and oxygen atoms in total. The number of hydrogen-bond acceptors (Lipinski definition) is 2. The minimum absolute atomic E-state index is 0. The number of urea groups is 1. The zero-order valence-corrected chi connectivity index (χ0v) is 17.0. The van der Waals surface area contributed by atoms with Crippen molar-refractivity contribution in [1.29, 1.82) is 0 Å². The van der Waals surface area contributed by atoms with Gasteiger partial charge in [0.25, 0.3) is 0 Å². The number of piperidine rings is 1. The molecule has 0 radical (unpaired) electrons. The van der Waals surface area contributed by atoms with Gasteiger partial charge >= 0.3 is 6.03 Å². The van der Waals surface area contributed by atoms with Gasteiger partial charge in [-0.05, 0) is 63.5 Å². The van der Waals surface area contributed by atoms with Gasteiger partial charge in [-0.2, -0.15) is 0 Å². The summed E-state index contributed by atoms with van der Waals surface area (Å²) >= 11 is 0. The van der Waals surface area contributed by atoms with Crippen LogP contribution in [0.25, 0.3) is 0 Å². The van der Waals surface area contributed by atoms with Gasteiger partial charge in [0, 0.05) is 34.1 Å². The average molecular weight is 376 g/mol. The molecule has 1 aliphatic carbocycles. The van der Waals surface area contributed by atoms with E-state index in [0.717, 1.165) is 25.1 Å². The number of amides is 3. The molecule has 0 aromatic rings. The zero-order valence-electron chi connectivity index (χ0n) is 17.0. The maximum Gasteiger partial charge on any atom is 0.317 e. The van der Waals surface area contributed by atoms with Crippen LogP contribution in [-0.2, 0) is 4.79 Å². The third kappa shape index (κ3) is 6.42. The summed E-state index contributed by atoms with van der Waals surface area (Å²) in [6, 6.07) is 0.0379.